The van der Waals surface area contributed by atoms with E-state index >= 15 is 0 Å². The number of hydrogen-bond donors (Lipinski definition) is 0. The Hall–Kier alpha value is -2.66. The van der Waals surface area contributed by atoms with Crippen molar-refractivity contribution in [2.75, 3.05) is 31.1 Å². The molecule has 28 heavy (non-hydrogen) atoms. The van der Waals surface area contributed by atoms with Crippen molar-refractivity contribution in [1.82, 2.24) is 15.0 Å². The van der Waals surface area contributed by atoms with Gasteiger partial charge < -0.3 is 9.42 Å². The second kappa shape index (κ2) is 7.06. The maximum atomic E-state index is 5.66. The van der Waals surface area contributed by atoms with Gasteiger partial charge in [0.05, 0.1) is 5.41 Å². The first-order chi connectivity index (χ1) is 13.7. The van der Waals surface area contributed by atoms with Crippen molar-refractivity contribution in [2.24, 2.45) is 0 Å². The van der Waals surface area contributed by atoms with E-state index in [1.165, 1.54) is 16.7 Å². The van der Waals surface area contributed by atoms with E-state index in [1.807, 2.05) is 0 Å². The van der Waals surface area contributed by atoms with Crippen molar-refractivity contribution in [3.8, 4) is 0 Å². The smallest absolute Gasteiger partial charge is 0.322 e. The van der Waals surface area contributed by atoms with Crippen molar-refractivity contribution < 1.29 is 4.52 Å². The molecule has 0 bridgehead atoms. The van der Waals surface area contributed by atoms with Crippen molar-refractivity contribution >= 4 is 6.01 Å². The van der Waals surface area contributed by atoms with Crippen LogP contribution in [0.3, 0.4) is 0 Å². The Labute approximate surface area is 166 Å². The summed E-state index contributed by atoms with van der Waals surface area (Å²) in [6, 6.07) is 20.1. The molecule has 2 fully saturated rings. The van der Waals surface area contributed by atoms with Gasteiger partial charge >= 0.3 is 6.01 Å². The largest absolute Gasteiger partial charge is 0.324 e. The molecule has 1 saturated heterocycles. The van der Waals surface area contributed by atoms with Crippen LogP contribution in [0.4, 0.5) is 6.01 Å². The highest BCUT2D eigenvalue weighted by atomic mass is 16.5. The van der Waals surface area contributed by atoms with E-state index in [-0.39, 0.29) is 5.41 Å². The molecule has 144 valence electrons. The van der Waals surface area contributed by atoms with Crippen LogP contribution in [0, 0.1) is 6.92 Å². The maximum Gasteiger partial charge on any atom is 0.324 e. The Morgan fingerprint density at radius 1 is 0.929 bits per heavy atom. The third-order valence-corrected chi connectivity index (χ3v) is 6.09. The number of anilines is 1. The van der Waals surface area contributed by atoms with E-state index in [0.717, 1.165) is 51.4 Å². The highest BCUT2D eigenvalue weighted by Crippen LogP contribution is 2.52. The second-order valence-corrected chi connectivity index (χ2v) is 8.10. The van der Waals surface area contributed by atoms with Crippen molar-refractivity contribution in [1.29, 1.82) is 0 Å². The summed E-state index contributed by atoms with van der Waals surface area (Å²) in [4.78, 5) is 9.51. The molecule has 2 aliphatic rings. The Bertz CT molecular complexity index is 923. The molecule has 1 aromatic heterocycles. The molecule has 0 N–H and O–H groups in total. The number of aryl methyl sites for hydroxylation is 1. The quantitative estimate of drug-likeness (QED) is 0.680. The number of piperazine rings is 1. The molecule has 1 saturated carbocycles. The van der Waals surface area contributed by atoms with Gasteiger partial charge in [-0.3, -0.25) is 4.90 Å². The lowest BCUT2D eigenvalue weighted by molar-refractivity contribution is 0.242. The van der Waals surface area contributed by atoms with E-state index in [1.54, 1.807) is 0 Å². The summed E-state index contributed by atoms with van der Waals surface area (Å²) >= 11 is 0. The Morgan fingerprint density at radius 2 is 1.64 bits per heavy atom. The van der Waals surface area contributed by atoms with Crippen molar-refractivity contribution in [2.45, 2.75) is 31.7 Å². The number of aromatic nitrogens is 2. The van der Waals surface area contributed by atoms with Crippen LogP contribution in [-0.2, 0) is 12.0 Å². The van der Waals surface area contributed by atoms with Crippen molar-refractivity contribution in [3.05, 3.63) is 77.1 Å². The predicted octanol–water partition coefficient (Wildman–Crippen LogP) is 3.78. The lowest BCUT2D eigenvalue weighted by atomic mass is 9.95. The summed E-state index contributed by atoms with van der Waals surface area (Å²) in [6.07, 6.45) is 2.20. The zero-order valence-corrected chi connectivity index (χ0v) is 16.3. The van der Waals surface area contributed by atoms with Gasteiger partial charge in [-0.05, 0) is 30.9 Å². The number of nitrogens with zero attached hydrogens (tertiary/aromatic N) is 4. The molecule has 5 rings (SSSR count). The molecule has 1 aliphatic heterocycles. The molecule has 5 nitrogen and oxygen atoms in total. The summed E-state index contributed by atoms with van der Waals surface area (Å²) in [7, 11) is 0. The van der Waals surface area contributed by atoms with Crippen LogP contribution < -0.4 is 4.90 Å². The third kappa shape index (κ3) is 3.31. The zero-order chi connectivity index (χ0) is 19.0. The van der Waals surface area contributed by atoms with Gasteiger partial charge in [-0.2, -0.15) is 4.98 Å². The van der Waals surface area contributed by atoms with Gasteiger partial charge in [0.15, 0.2) is 5.82 Å². The first-order valence-corrected chi connectivity index (χ1v) is 10.2. The van der Waals surface area contributed by atoms with Crippen LogP contribution in [0.5, 0.6) is 0 Å². The summed E-state index contributed by atoms with van der Waals surface area (Å²) in [5.74, 6) is 0.843. The Morgan fingerprint density at radius 3 is 2.32 bits per heavy atom. The molecule has 0 unspecified atom stereocenters. The maximum absolute atomic E-state index is 5.66. The zero-order valence-electron chi connectivity index (χ0n) is 16.3. The van der Waals surface area contributed by atoms with Gasteiger partial charge in [0.25, 0.3) is 0 Å². The standard InChI is InChI=1S/C23H26N4O/c1-18-7-9-19(10-8-18)17-26-13-15-27(16-14-26)22-24-21(25-28-22)23(11-12-23)20-5-3-2-4-6-20/h2-10H,11-17H2,1H3. The van der Waals surface area contributed by atoms with Crippen LogP contribution in [0.25, 0.3) is 0 Å². The summed E-state index contributed by atoms with van der Waals surface area (Å²) in [6.45, 7) is 6.99. The van der Waals surface area contributed by atoms with E-state index in [0.29, 0.717) is 6.01 Å². The van der Waals surface area contributed by atoms with Crippen LogP contribution in [0.15, 0.2) is 59.1 Å². The minimum atomic E-state index is -0.0315. The van der Waals surface area contributed by atoms with Gasteiger partial charge in [-0.15, -0.1) is 0 Å². The van der Waals surface area contributed by atoms with Gasteiger partial charge in [0, 0.05) is 32.7 Å². The fourth-order valence-corrected chi connectivity index (χ4v) is 4.11. The van der Waals surface area contributed by atoms with Crippen LogP contribution in [-0.4, -0.2) is 41.2 Å². The minimum absolute atomic E-state index is 0.0315. The van der Waals surface area contributed by atoms with E-state index in [2.05, 4.69) is 76.5 Å². The van der Waals surface area contributed by atoms with Gasteiger partial charge in [-0.25, -0.2) is 0 Å². The van der Waals surface area contributed by atoms with E-state index < -0.39 is 0 Å². The SMILES string of the molecule is Cc1ccc(CN2CCN(c3nc(C4(c5ccccc5)CC4)no3)CC2)cc1. The van der Waals surface area contributed by atoms with E-state index in [4.69, 9.17) is 9.51 Å². The Balaban J connectivity index is 1.23. The molecular weight excluding hydrogens is 348 g/mol. The second-order valence-electron chi connectivity index (χ2n) is 8.10. The average molecular weight is 374 g/mol. The summed E-state index contributed by atoms with van der Waals surface area (Å²) in [5, 5.41) is 4.36. The Kier molecular flexibility index (Phi) is 4.40. The molecule has 1 aliphatic carbocycles. The molecule has 0 atom stereocenters. The van der Waals surface area contributed by atoms with Gasteiger partial charge in [0.2, 0.25) is 0 Å². The summed E-state index contributed by atoms with van der Waals surface area (Å²) < 4.78 is 5.66. The van der Waals surface area contributed by atoms with Crippen molar-refractivity contribution in [3.63, 3.8) is 0 Å². The van der Waals surface area contributed by atoms with E-state index in [9.17, 15) is 0 Å². The highest BCUT2D eigenvalue weighted by Gasteiger charge is 2.50. The molecular formula is C23H26N4O. The fourth-order valence-electron chi connectivity index (χ4n) is 4.11. The highest BCUT2D eigenvalue weighted by molar-refractivity contribution is 5.40. The van der Waals surface area contributed by atoms with Crippen LogP contribution in [0.2, 0.25) is 0 Å². The van der Waals surface area contributed by atoms with Crippen LogP contribution in [0.1, 0.15) is 35.4 Å². The lowest BCUT2D eigenvalue weighted by Gasteiger charge is -2.33. The number of hydrogen-bond acceptors (Lipinski definition) is 5. The normalized spacial score (nSPS) is 19.0. The average Bonchev–Trinajstić information content (AvgIpc) is 3.41. The predicted molar refractivity (Wildman–Crippen MR) is 109 cm³/mol. The lowest BCUT2D eigenvalue weighted by Crippen LogP contribution is -2.46. The fraction of sp³-hybridized carbons (Fsp3) is 0.391. The third-order valence-electron chi connectivity index (χ3n) is 6.09. The molecule has 0 amide bonds. The molecule has 5 heteroatoms. The monoisotopic (exact) mass is 374 g/mol. The minimum Gasteiger partial charge on any atom is -0.322 e. The molecule has 2 heterocycles. The van der Waals surface area contributed by atoms with Crippen LogP contribution >= 0.6 is 0 Å². The topological polar surface area (TPSA) is 45.4 Å². The molecule has 0 spiro atoms. The molecule has 0 radical (unpaired) electrons. The first kappa shape index (κ1) is 17.4. The summed E-state index contributed by atoms with van der Waals surface area (Å²) in [5.41, 5.74) is 3.95. The molecule has 2 aromatic carbocycles. The number of benzene rings is 2. The number of rotatable bonds is 5. The molecule has 3 aromatic rings. The first-order valence-electron chi connectivity index (χ1n) is 10.2. The van der Waals surface area contributed by atoms with Gasteiger partial charge in [-0.1, -0.05) is 65.3 Å². The van der Waals surface area contributed by atoms with Gasteiger partial charge in [0.1, 0.15) is 0 Å².